The van der Waals surface area contributed by atoms with Gasteiger partial charge >= 0.3 is 0 Å². The van der Waals surface area contributed by atoms with Gasteiger partial charge in [-0.1, -0.05) is 51.7 Å². The molecule has 4 amide bonds. The van der Waals surface area contributed by atoms with Gasteiger partial charge < -0.3 is 20.9 Å². The summed E-state index contributed by atoms with van der Waals surface area (Å²) >= 11 is 0. The van der Waals surface area contributed by atoms with Crippen LogP contribution >= 0.6 is 0 Å². The van der Waals surface area contributed by atoms with Crippen molar-refractivity contribution in [3.05, 3.63) is 77.6 Å². The van der Waals surface area contributed by atoms with Gasteiger partial charge in [0.1, 0.15) is 23.6 Å². The van der Waals surface area contributed by atoms with E-state index in [9.17, 15) is 19.2 Å². The van der Waals surface area contributed by atoms with Crippen LogP contribution in [-0.4, -0.2) is 86.5 Å². The molecule has 3 atom stereocenters. The van der Waals surface area contributed by atoms with E-state index in [4.69, 9.17) is 0 Å². The highest BCUT2D eigenvalue weighted by molar-refractivity contribution is 6.00. The predicted octanol–water partition coefficient (Wildman–Crippen LogP) is 4.49. The number of carbonyl (C=O) groups is 4. The summed E-state index contributed by atoms with van der Waals surface area (Å²) < 4.78 is 17.4. The molecule has 3 heterocycles. The molecule has 12 nitrogen and oxygen atoms in total. The second-order valence-electron chi connectivity index (χ2n) is 13.6. The molecular weight excluding hydrogens is 651 g/mol. The minimum absolute atomic E-state index is 0.0214. The second-order valence-corrected chi connectivity index (χ2v) is 13.6. The van der Waals surface area contributed by atoms with Crippen LogP contribution in [0.4, 0.5) is 10.1 Å². The molecule has 51 heavy (non-hydrogen) atoms. The lowest BCUT2D eigenvalue weighted by molar-refractivity contribution is -0.138. The molecule has 1 aromatic carbocycles. The summed E-state index contributed by atoms with van der Waals surface area (Å²) in [6.07, 6.45) is 9.12. The first-order valence-electron chi connectivity index (χ1n) is 18.3. The number of nitrogens with one attached hydrogen (secondary N) is 3. The van der Waals surface area contributed by atoms with E-state index in [-0.39, 0.29) is 29.8 Å². The number of piperazine rings is 1. The van der Waals surface area contributed by atoms with Gasteiger partial charge in [0.05, 0.1) is 11.4 Å². The second kappa shape index (κ2) is 18.0. The molecule has 0 bridgehead atoms. The number of amides is 4. The molecule has 1 saturated carbocycles. The molecule has 13 heteroatoms. The van der Waals surface area contributed by atoms with Gasteiger partial charge in [-0.05, 0) is 61.6 Å². The number of carbonyl (C=O) groups excluding carboxylic acids is 4. The van der Waals surface area contributed by atoms with Gasteiger partial charge in [0.2, 0.25) is 17.7 Å². The van der Waals surface area contributed by atoms with Crippen molar-refractivity contribution in [3.63, 3.8) is 0 Å². The minimum Gasteiger partial charge on any atom is -0.344 e. The van der Waals surface area contributed by atoms with Crippen LogP contribution in [0.25, 0.3) is 0 Å². The van der Waals surface area contributed by atoms with Crippen molar-refractivity contribution in [2.24, 2.45) is 5.92 Å². The van der Waals surface area contributed by atoms with Crippen LogP contribution in [0.5, 0.6) is 0 Å². The fraction of sp³-hybridized carbons (Fsp3) is 0.526. The van der Waals surface area contributed by atoms with Crippen LogP contribution < -0.4 is 16.0 Å². The highest BCUT2D eigenvalue weighted by atomic mass is 19.1. The van der Waals surface area contributed by atoms with E-state index in [2.05, 4.69) is 30.9 Å². The summed E-state index contributed by atoms with van der Waals surface area (Å²) in [5, 5.41) is 12.7. The number of benzene rings is 1. The molecule has 2 fully saturated rings. The third-order valence-electron chi connectivity index (χ3n) is 10.2. The number of nitrogens with zero attached hydrogens (tertiary/aromatic N) is 5. The van der Waals surface area contributed by atoms with Crippen LogP contribution in [-0.2, 0) is 27.5 Å². The van der Waals surface area contributed by atoms with Crippen LogP contribution in [0.1, 0.15) is 93.4 Å². The number of aromatic nitrogens is 3. The highest BCUT2D eigenvalue weighted by Crippen LogP contribution is 2.29. The quantitative estimate of drug-likeness (QED) is 0.223. The Labute approximate surface area is 299 Å². The van der Waals surface area contributed by atoms with Crippen molar-refractivity contribution in [1.29, 1.82) is 0 Å². The lowest BCUT2D eigenvalue weighted by atomic mass is 9.90. The molecule has 5 rings (SSSR count). The number of aryl methyl sites for hydroxylation is 1. The van der Waals surface area contributed by atoms with Crippen molar-refractivity contribution in [2.75, 3.05) is 31.5 Å². The SMILES string of the molecule is CCC(=O)NC(C(=O)N1CCN(Cc2ccccn2)CC1)C(C)c1ccc(NC(=O)C(NC(=O)c2ccnn2CC)C2CCCCCC2)c(F)c1. The van der Waals surface area contributed by atoms with E-state index >= 15 is 4.39 Å². The fourth-order valence-electron chi connectivity index (χ4n) is 7.07. The minimum atomic E-state index is -0.897. The molecule has 3 aromatic rings. The van der Waals surface area contributed by atoms with Crippen molar-refractivity contribution in [3.8, 4) is 0 Å². The smallest absolute Gasteiger partial charge is 0.270 e. The summed E-state index contributed by atoms with van der Waals surface area (Å²) in [6, 6.07) is 10.1. The van der Waals surface area contributed by atoms with Gasteiger partial charge in [-0.3, -0.25) is 33.7 Å². The number of pyridine rings is 1. The topological polar surface area (TPSA) is 142 Å². The summed E-state index contributed by atoms with van der Waals surface area (Å²) in [7, 11) is 0. The summed E-state index contributed by atoms with van der Waals surface area (Å²) in [4.78, 5) is 62.0. The third-order valence-corrected chi connectivity index (χ3v) is 10.2. The van der Waals surface area contributed by atoms with Crippen LogP contribution in [0.3, 0.4) is 0 Å². The van der Waals surface area contributed by atoms with Crippen molar-refractivity contribution < 1.29 is 23.6 Å². The molecule has 0 spiro atoms. The maximum absolute atomic E-state index is 15.8. The molecule has 1 aliphatic carbocycles. The monoisotopic (exact) mass is 702 g/mol. The zero-order chi connectivity index (χ0) is 36.3. The van der Waals surface area contributed by atoms with Gasteiger partial charge in [0, 0.05) is 64.0 Å². The van der Waals surface area contributed by atoms with Gasteiger partial charge in [0.15, 0.2) is 0 Å². The Bertz CT molecular complexity index is 1630. The zero-order valence-corrected chi connectivity index (χ0v) is 29.9. The van der Waals surface area contributed by atoms with E-state index in [0.717, 1.165) is 44.2 Å². The van der Waals surface area contributed by atoms with Crippen molar-refractivity contribution in [1.82, 2.24) is 35.2 Å². The zero-order valence-electron chi connectivity index (χ0n) is 29.9. The molecule has 1 saturated heterocycles. The molecule has 2 aliphatic rings. The molecular formula is C38H51FN8O4. The Morgan fingerprint density at radius 2 is 1.67 bits per heavy atom. The average Bonchev–Trinajstić information content (AvgIpc) is 3.48. The Kier molecular flexibility index (Phi) is 13.3. The van der Waals surface area contributed by atoms with E-state index in [1.807, 2.05) is 25.1 Å². The average molecular weight is 703 g/mol. The van der Waals surface area contributed by atoms with Gasteiger partial charge in [0.25, 0.3) is 5.91 Å². The van der Waals surface area contributed by atoms with Crippen LogP contribution in [0.15, 0.2) is 54.9 Å². The molecule has 3 N–H and O–H groups in total. The van der Waals surface area contributed by atoms with Gasteiger partial charge in [-0.2, -0.15) is 5.10 Å². The Morgan fingerprint density at radius 1 is 0.922 bits per heavy atom. The first-order chi connectivity index (χ1) is 24.7. The molecule has 2 aromatic heterocycles. The fourth-order valence-corrected chi connectivity index (χ4v) is 7.07. The number of halogens is 1. The molecule has 274 valence electrons. The number of anilines is 1. The maximum atomic E-state index is 15.8. The van der Waals surface area contributed by atoms with Gasteiger partial charge in [-0.15, -0.1) is 0 Å². The summed E-state index contributed by atoms with van der Waals surface area (Å²) in [6.45, 7) is 8.91. The van der Waals surface area contributed by atoms with E-state index in [1.165, 1.54) is 12.1 Å². The summed E-state index contributed by atoms with van der Waals surface area (Å²) in [5.74, 6) is -2.69. The lowest BCUT2D eigenvalue weighted by Crippen LogP contribution is -2.56. The van der Waals surface area contributed by atoms with E-state index in [1.54, 1.807) is 48.0 Å². The van der Waals surface area contributed by atoms with Crippen LogP contribution in [0.2, 0.25) is 0 Å². The Hall–Kier alpha value is -4.65. The number of rotatable bonds is 13. The van der Waals surface area contributed by atoms with Crippen molar-refractivity contribution in [2.45, 2.75) is 96.8 Å². The molecule has 0 radical (unpaired) electrons. The lowest BCUT2D eigenvalue weighted by Gasteiger charge is -2.37. The van der Waals surface area contributed by atoms with E-state index in [0.29, 0.717) is 50.5 Å². The third kappa shape index (κ3) is 9.78. The van der Waals surface area contributed by atoms with Crippen LogP contribution in [0, 0.1) is 11.7 Å². The number of hydrogen-bond donors (Lipinski definition) is 3. The summed E-state index contributed by atoms with van der Waals surface area (Å²) in [5.41, 5.74) is 1.81. The number of hydrogen-bond acceptors (Lipinski definition) is 7. The van der Waals surface area contributed by atoms with E-state index < -0.39 is 35.6 Å². The Morgan fingerprint density at radius 3 is 2.31 bits per heavy atom. The largest absolute Gasteiger partial charge is 0.344 e. The molecule has 1 aliphatic heterocycles. The first kappa shape index (κ1) is 37.6. The van der Waals surface area contributed by atoms with Crippen molar-refractivity contribution >= 4 is 29.3 Å². The maximum Gasteiger partial charge on any atom is 0.270 e. The normalized spacial score (nSPS) is 17.5. The molecule has 3 unspecified atom stereocenters. The Balaban J connectivity index is 1.28. The van der Waals surface area contributed by atoms with Gasteiger partial charge in [-0.25, -0.2) is 4.39 Å². The predicted molar refractivity (Wildman–Crippen MR) is 192 cm³/mol. The first-order valence-corrected chi connectivity index (χ1v) is 18.3. The standard InChI is InChI=1S/C38H51FN8O4/c1-4-33(48)43-34(38(51)46-22-20-45(21-23-46)25-29-14-10-11-18-40-29)26(3)28-15-16-31(30(39)24-28)42-37(50)35(27-12-8-6-7-9-13-27)44-36(49)32-17-19-41-47(32)5-2/h10-11,14-19,24,26-27,34-35H,4-9,12-13,20-23,25H2,1-3H3,(H,42,50)(H,43,48)(H,44,49). The highest BCUT2D eigenvalue weighted by Gasteiger charge is 2.35.